The summed E-state index contributed by atoms with van der Waals surface area (Å²) in [4.78, 5) is 10.7. The predicted molar refractivity (Wildman–Crippen MR) is 49.6 cm³/mol. The van der Waals surface area contributed by atoms with E-state index in [0.29, 0.717) is 0 Å². The minimum absolute atomic E-state index is 0.0111. The first-order valence-corrected chi connectivity index (χ1v) is 4.14. The Bertz CT molecular complexity index is 345. The number of carboxylic acids is 1. The molecule has 0 radical (unpaired) electrons. The Kier molecular flexibility index (Phi) is 3.61. The molecule has 14 heavy (non-hydrogen) atoms. The lowest BCUT2D eigenvalue weighted by molar-refractivity contribution is 0.0697. The number of carbonyl (C=O) groups is 1. The second kappa shape index (κ2) is 4.73. The van der Waals surface area contributed by atoms with Crippen molar-refractivity contribution in [1.82, 2.24) is 10.2 Å². The lowest BCUT2D eigenvalue weighted by atomic mass is 10.3. The van der Waals surface area contributed by atoms with Gasteiger partial charge in [0.05, 0.1) is 6.61 Å². The van der Waals surface area contributed by atoms with Gasteiger partial charge in [-0.1, -0.05) is 11.6 Å². The van der Waals surface area contributed by atoms with E-state index in [-0.39, 0.29) is 29.7 Å². The van der Waals surface area contributed by atoms with E-state index in [9.17, 15) is 4.79 Å². The van der Waals surface area contributed by atoms with Gasteiger partial charge in [-0.3, -0.25) is 0 Å². The summed E-state index contributed by atoms with van der Waals surface area (Å²) in [6.07, 6.45) is 0. The van der Waals surface area contributed by atoms with Crippen LogP contribution >= 0.6 is 11.6 Å². The SMILES string of the molecule is O=C(O)c1cc(Cl)nnc1NCCO. The molecule has 1 aromatic rings. The van der Waals surface area contributed by atoms with Crippen LogP contribution in [0.5, 0.6) is 0 Å². The third-order valence-corrected chi connectivity index (χ3v) is 1.58. The monoisotopic (exact) mass is 217 g/mol. The zero-order chi connectivity index (χ0) is 10.6. The van der Waals surface area contributed by atoms with E-state index in [1.54, 1.807) is 0 Å². The Balaban J connectivity index is 2.96. The van der Waals surface area contributed by atoms with E-state index in [1.165, 1.54) is 6.07 Å². The summed E-state index contributed by atoms with van der Waals surface area (Å²) in [5.74, 6) is -1.06. The summed E-state index contributed by atoms with van der Waals surface area (Å²) < 4.78 is 0. The van der Waals surface area contributed by atoms with Crippen LogP contribution in [0.2, 0.25) is 5.15 Å². The lowest BCUT2D eigenvalue weighted by Gasteiger charge is -2.05. The normalized spacial score (nSPS) is 9.86. The van der Waals surface area contributed by atoms with Gasteiger partial charge in [-0.2, -0.15) is 0 Å². The number of carboxylic acid groups (broad SMARTS) is 1. The highest BCUT2D eigenvalue weighted by Gasteiger charge is 2.12. The van der Waals surface area contributed by atoms with Crippen molar-refractivity contribution in [2.45, 2.75) is 0 Å². The van der Waals surface area contributed by atoms with Crippen molar-refractivity contribution in [3.63, 3.8) is 0 Å². The smallest absolute Gasteiger partial charge is 0.339 e. The van der Waals surface area contributed by atoms with E-state index >= 15 is 0 Å². The van der Waals surface area contributed by atoms with E-state index in [2.05, 4.69) is 15.5 Å². The lowest BCUT2D eigenvalue weighted by Crippen LogP contribution is -2.12. The quantitative estimate of drug-likeness (QED) is 0.668. The van der Waals surface area contributed by atoms with Crippen LogP contribution in [0.15, 0.2) is 6.07 Å². The molecule has 1 aromatic heterocycles. The number of aromatic carboxylic acids is 1. The van der Waals surface area contributed by atoms with Crippen molar-refractivity contribution in [3.8, 4) is 0 Å². The zero-order valence-electron chi connectivity index (χ0n) is 7.07. The number of rotatable bonds is 4. The molecule has 6 nitrogen and oxygen atoms in total. The van der Waals surface area contributed by atoms with E-state index in [4.69, 9.17) is 21.8 Å². The van der Waals surface area contributed by atoms with Crippen molar-refractivity contribution >= 4 is 23.4 Å². The van der Waals surface area contributed by atoms with Crippen molar-refractivity contribution in [1.29, 1.82) is 0 Å². The fourth-order valence-corrected chi connectivity index (χ4v) is 0.983. The highest BCUT2D eigenvalue weighted by Crippen LogP contribution is 2.14. The van der Waals surface area contributed by atoms with Crippen LogP contribution in [0.1, 0.15) is 10.4 Å². The first-order valence-electron chi connectivity index (χ1n) is 3.76. The van der Waals surface area contributed by atoms with Crippen molar-refractivity contribution < 1.29 is 15.0 Å². The molecule has 0 saturated carbocycles. The molecule has 0 aliphatic carbocycles. The third kappa shape index (κ3) is 2.54. The topological polar surface area (TPSA) is 95.3 Å². The first-order chi connectivity index (χ1) is 6.65. The van der Waals surface area contributed by atoms with E-state index in [1.807, 2.05) is 0 Å². The summed E-state index contributed by atoms with van der Waals surface area (Å²) in [5.41, 5.74) is -0.0709. The molecular weight excluding hydrogens is 210 g/mol. The molecule has 0 aliphatic rings. The Morgan fingerprint density at radius 1 is 1.57 bits per heavy atom. The molecular formula is C7H8ClN3O3. The Hall–Kier alpha value is -1.40. The Labute approximate surface area is 84.5 Å². The number of aliphatic hydroxyl groups is 1. The summed E-state index contributed by atoms with van der Waals surface area (Å²) in [6.45, 7) is 0.0833. The third-order valence-electron chi connectivity index (χ3n) is 1.40. The molecule has 0 spiro atoms. The number of aromatic nitrogens is 2. The van der Waals surface area contributed by atoms with Gasteiger partial charge in [-0.15, -0.1) is 10.2 Å². The maximum Gasteiger partial charge on any atom is 0.339 e. The largest absolute Gasteiger partial charge is 0.478 e. The van der Waals surface area contributed by atoms with Crippen LogP contribution < -0.4 is 5.32 Å². The van der Waals surface area contributed by atoms with Gasteiger partial charge >= 0.3 is 5.97 Å². The summed E-state index contributed by atoms with van der Waals surface area (Å²) in [7, 11) is 0. The van der Waals surface area contributed by atoms with Crippen LogP contribution in [0.25, 0.3) is 0 Å². The number of hydrogen-bond acceptors (Lipinski definition) is 5. The van der Waals surface area contributed by atoms with Gasteiger partial charge < -0.3 is 15.5 Å². The zero-order valence-corrected chi connectivity index (χ0v) is 7.82. The Morgan fingerprint density at radius 2 is 2.29 bits per heavy atom. The van der Waals surface area contributed by atoms with Gasteiger partial charge in [0.25, 0.3) is 0 Å². The first kappa shape index (κ1) is 10.7. The van der Waals surface area contributed by atoms with Crippen LogP contribution in [0, 0.1) is 0 Å². The average Bonchev–Trinajstić information content (AvgIpc) is 2.15. The van der Waals surface area contributed by atoms with Gasteiger partial charge in [0.2, 0.25) is 0 Å². The highest BCUT2D eigenvalue weighted by atomic mass is 35.5. The van der Waals surface area contributed by atoms with Crippen LogP contribution in [-0.4, -0.2) is 39.5 Å². The van der Waals surface area contributed by atoms with Gasteiger partial charge in [0.15, 0.2) is 11.0 Å². The van der Waals surface area contributed by atoms with Crippen LogP contribution in [0.4, 0.5) is 5.82 Å². The summed E-state index contributed by atoms with van der Waals surface area (Å²) in [6, 6.07) is 1.19. The summed E-state index contributed by atoms with van der Waals surface area (Å²) in [5, 5.41) is 26.9. The number of hydrogen-bond donors (Lipinski definition) is 3. The minimum atomic E-state index is -1.15. The summed E-state index contributed by atoms with van der Waals surface area (Å²) >= 11 is 5.48. The molecule has 0 amide bonds. The minimum Gasteiger partial charge on any atom is -0.478 e. The number of aliphatic hydroxyl groups excluding tert-OH is 1. The molecule has 0 aromatic carbocycles. The molecule has 0 atom stereocenters. The van der Waals surface area contributed by atoms with Crippen molar-refractivity contribution in [3.05, 3.63) is 16.8 Å². The molecule has 76 valence electrons. The van der Waals surface area contributed by atoms with Gasteiger partial charge in [0, 0.05) is 6.54 Å². The predicted octanol–water partition coefficient (Wildman–Crippen LogP) is 0.232. The molecule has 0 aliphatic heterocycles. The second-order valence-electron chi connectivity index (χ2n) is 2.38. The van der Waals surface area contributed by atoms with Crippen molar-refractivity contribution in [2.75, 3.05) is 18.5 Å². The maximum atomic E-state index is 10.7. The van der Waals surface area contributed by atoms with Crippen LogP contribution in [0.3, 0.4) is 0 Å². The standard InChI is InChI=1S/C7H8ClN3O3/c8-5-3-4(7(13)14)6(11-10-5)9-1-2-12/h3,12H,1-2H2,(H,9,11)(H,13,14). The highest BCUT2D eigenvalue weighted by molar-refractivity contribution is 6.29. The molecule has 1 heterocycles. The number of anilines is 1. The average molecular weight is 218 g/mol. The Morgan fingerprint density at radius 3 is 2.86 bits per heavy atom. The molecule has 0 saturated heterocycles. The molecule has 0 unspecified atom stereocenters. The molecule has 1 rings (SSSR count). The molecule has 3 N–H and O–H groups in total. The van der Waals surface area contributed by atoms with Crippen LogP contribution in [-0.2, 0) is 0 Å². The van der Waals surface area contributed by atoms with Gasteiger partial charge in [0.1, 0.15) is 5.56 Å². The molecule has 0 bridgehead atoms. The maximum absolute atomic E-state index is 10.7. The number of nitrogens with one attached hydrogen (secondary N) is 1. The van der Waals surface area contributed by atoms with Crippen molar-refractivity contribution in [2.24, 2.45) is 0 Å². The fraction of sp³-hybridized carbons (Fsp3) is 0.286. The van der Waals surface area contributed by atoms with Gasteiger partial charge in [-0.05, 0) is 6.07 Å². The van der Waals surface area contributed by atoms with E-state index < -0.39 is 5.97 Å². The second-order valence-corrected chi connectivity index (χ2v) is 2.77. The fourth-order valence-electron chi connectivity index (χ4n) is 0.836. The molecule has 0 fully saturated rings. The van der Waals surface area contributed by atoms with Gasteiger partial charge in [-0.25, -0.2) is 4.79 Å². The van der Waals surface area contributed by atoms with E-state index in [0.717, 1.165) is 0 Å². The number of halogens is 1. The molecule has 7 heteroatoms. The number of nitrogens with zero attached hydrogens (tertiary/aromatic N) is 2.